The largest absolute Gasteiger partial charge is 0.467 e. The molecule has 0 spiro atoms. The Bertz CT molecular complexity index is 913. The zero-order chi connectivity index (χ0) is 19.4. The first-order valence-electron chi connectivity index (χ1n) is 8.20. The van der Waals surface area contributed by atoms with Crippen molar-refractivity contribution >= 4 is 29.3 Å². The average Bonchev–Trinajstić information content (AvgIpc) is 2.65. The highest BCUT2D eigenvalue weighted by molar-refractivity contribution is 6.30. The lowest BCUT2D eigenvalue weighted by Crippen LogP contribution is -2.24. The number of amides is 1. The quantitative estimate of drug-likeness (QED) is 0.475. The third-order valence-electron chi connectivity index (χ3n) is 4.06. The van der Waals surface area contributed by atoms with Crippen LogP contribution in [0.15, 0.2) is 42.5 Å². The van der Waals surface area contributed by atoms with Crippen molar-refractivity contribution < 1.29 is 19.2 Å². The summed E-state index contributed by atoms with van der Waals surface area (Å²) in [5, 5.41) is 14.5. The molecule has 1 aliphatic rings. The first-order chi connectivity index (χ1) is 12.9. The standard InChI is InChI=1S/C19H17ClN2O5/c1-12(13-3-2-4-16(20)7-13)21-18(23)6-5-14-8-17(22(24)25)9-15-10-26-11-27-19(14)15/h2-9,12H,10-11H2,1H3,(H,21,23)/b6-5+/t12-/m0/s1. The Morgan fingerprint density at radius 1 is 1.37 bits per heavy atom. The Kier molecular flexibility index (Phi) is 5.73. The Labute approximate surface area is 160 Å². The number of hydrogen-bond donors (Lipinski definition) is 1. The van der Waals surface area contributed by atoms with Gasteiger partial charge in [0, 0.05) is 34.4 Å². The highest BCUT2D eigenvalue weighted by atomic mass is 35.5. The second-order valence-corrected chi connectivity index (χ2v) is 6.45. The molecule has 0 aliphatic carbocycles. The van der Waals surface area contributed by atoms with Crippen molar-refractivity contribution in [3.05, 3.63) is 74.3 Å². The second kappa shape index (κ2) is 8.20. The lowest BCUT2D eigenvalue weighted by atomic mass is 10.1. The van der Waals surface area contributed by atoms with E-state index in [0.717, 1.165) is 5.56 Å². The molecular weight excluding hydrogens is 372 g/mol. The number of ether oxygens (including phenoxy) is 2. The van der Waals surface area contributed by atoms with Gasteiger partial charge in [-0.3, -0.25) is 14.9 Å². The van der Waals surface area contributed by atoms with Crippen LogP contribution >= 0.6 is 11.6 Å². The normalized spacial score (nSPS) is 14.3. The van der Waals surface area contributed by atoms with Gasteiger partial charge in [0.05, 0.1) is 17.6 Å². The monoisotopic (exact) mass is 388 g/mol. The van der Waals surface area contributed by atoms with Crippen LogP contribution in [-0.4, -0.2) is 17.6 Å². The summed E-state index contributed by atoms with van der Waals surface area (Å²) in [7, 11) is 0. The Morgan fingerprint density at radius 3 is 2.93 bits per heavy atom. The maximum atomic E-state index is 12.2. The molecule has 0 saturated heterocycles. The maximum Gasteiger partial charge on any atom is 0.270 e. The lowest BCUT2D eigenvalue weighted by Gasteiger charge is -2.19. The fraction of sp³-hybridized carbons (Fsp3) is 0.211. The first kappa shape index (κ1) is 18.9. The number of hydrogen-bond acceptors (Lipinski definition) is 5. The molecule has 0 saturated carbocycles. The van der Waals surface area contributed by atoms with Gasteiger partial charge >= 0.3 is 0 Å². The number of halogens is 1. The van der Waals surface area contributed by atoms with E-state index < -0.39 is 4.92 Å². The summed E-state index contributed by atoms with van der Waals surface area (Å²) < 4.78 is 10.6. The SMILES string of the molecule is C[C@H](NC(=O)/C=C/c1cc([N+](=O)[O-])cc2c1OCOC2)c1cccc(Cl)c1. The lowest BCUT2D eigenvalue weighted by molar-refractivity contribution is -0.385. The van der Waals surface area contributed by atoms with Crippen molar-refractivity contribution in [3.8, 4) is 5.75 Å². The number of carbonyl (C=O) groups excluding carboxylic acids is 1. The molecule has 1 atom stereocenters. The summed E-state index contributed by atoms with van der Waals surface area (Å²) in [6.45, 7) is 2.12. The molecule has 0 bridgehead atoms. The molecule has 2 aromatic carbocycles. The predicted molar refractivity (Wildman–Crippen MR) is 100 cm³/mol. The number of rotatable bonds is 5. The van der Waals surface area contributed by atoms with E-state index >= 15 is 0 Å². The zero-order valence-electron chi connectivity index (χ0n) is 14.5. The van der Waals surface area contributed by atoms with Gasteiger partial charge in [0.1, 0.15) is 5.75 Å². The van der Waals surface area contributed by atoms with Crippen molar-refractivity contribution in [2.24, 2.45) is 0 Å². The van der Waals surface area contributed by atoms with E-state index in [4.69, 9.17) is 21.1 Å². The Hall–Kier alpha value is -2.90. The molecule has 1 heterocycles. The van der Waals surface area contributed by atoms with Gasteiger partial charge in [-0.2, -0.15) is 0 Å². The van der Waals surface area contributed by atoms with Gasteiger partial charge in [0.2, 0.25) is 5.91 Å². The predicted octanol–water partition coefficient (Wildman–Crippen LogP) is 4.01. The topological polar surface area (TPSA) is 90.7 Å². The van der Waals surface area contributed by atoms with Gasteiger partial charge in [-0.05, 0) is 30.7 Å². The van der Waals surface area contributed by atoms with Gasteiger partial charge in [-0.25, -0.2) is 0 Å². The number of non-ortho nitro benzene ring substituents is 1. The third-order valence-corrected chi connectivity index (χ3v) is 4.29. The van der Waals surface area contributed by atoms with Gasteiger partial charge in [-0.1, -0.05) is 23.7 Å². The Morgan fingerprint density at radius 2 is 2.19 bits per heavy atom. The van der Waals surface area contributed by atoms with Gasteiger partial charge in [0.15, 0.2) is 6.79 Å². The molecule has 8 heteroatoms. The molecule has 0 radical (unpaired) electrons. The third kappa shape index (κ3) is 4.64. The van der Waals surface area contributed by atoms with E-state index in [1.54, 1.807) is 12.1 Å². The molecule has 1 amide bonds. The summed E-state index contributed by atoms with van der Waals surface area (Å²) >= 11 is 5.97. The number of nitrogens with zero attached hydrogens (tertiary/aromatic N) is 1. The van der Waals surface area contributed by atoms with E-state index in [-0.39, 0.29) is 31.0 Å². The smallest absolute Gasteiger partial charge is 0.270 e. The van der Waals surface area contributed by atoms with Crippen LogP contribution < -0.4 is 10.1 Å². The van der Waals surface area contributed by atoms with Crippen LogP contribution in [0.4, 0.5) is 5.69 Å². The molecular formula is C19H17ClN2O5. The van der Waals surface area contributed by atoms with Crippen molar-refractivity contribution in [2.75, 3.05) is 6.79 Å². The summed E-state index contributed by atoms with van der Waals surface area (Å²) in [6.07, 6.45) is 2.82. The summed E-state index contributed by atoms with van der Waals surface area (Å²) in [6, 6.07) is 9.75. The van der Waals surface area contributed by atoms with Crippen LogP contribution in [0.25, 0.3) is 6.08 Å². The van der Waals surface area contributed by atoms with Gasteiger partial charge < -0.3 is 14.8 Å². The molecule has 0 aromatic heterocycles. The van der Waals surface area contributed by atoms with Crippen LogP contribution in [0.1, 0.15) is 29.7 Å². The molecule has 140 valence electrons. The second-order valence-electron chi connectivity index (χ2n) is 6.01. The highest BCUT2D eigenvalue weighted by Crippen LogP contribution is 2.33. The molecule has 1 aliphatic heterocycles. The number of carbonyl (C=O) groups is 1. The summed E-state index contributed by atoms with van der Waals surface area (Å²) in [5.74, 6) is 0.147. The van der Waals surface area contributed by atoms with E-state index in [9.17, 15) is 14.9 Å². The van der Waals surface area contributed by atoms with E-state index in [1.165, 1.54) is 24.3 Å². The van der Waals surface area contributed by atoms with Crippen molar-refractivity contribution in [3.63, 3.8) is 0 Å². The summed E-state index contributed by atoms with van der Waals surface area (Å²) in [4.78, 5) is 22.9. The molecule has 3 rings (SSSR count). The molecule has 2 aromatic rings. The minimum absolute atomic E-state index is 0.0592. The molecule has 7 nitrogen and oxygen atoms in total. The van der Waals surface area contributed by atoms with E-state index in [1.807, 2.05) is 19.1 Å². The van der Waals surface area contributed by atoms with E-state index in [0.29, 0.717) is 21.9 Å². The summed E-state index contributed by atoms with van der Waals surface area (Å²) in [5.41, 5.74) is 1.81. The van der Waals surface area contributed by atoms with Crippen LogP contribution in [0.5, 0.6) is 5.75 Å². The van der Waals surface area contributed by atoms with Crippen molar-refractivity contribution in [2.45, 2.75) is 19.6 Å². The first-order valence-corrected chi connectivity index (χ1v) is 8.57. The van der Waals surface area contributed by atoms with Gasteiger partial charge in [0.25, 0.3) is 5.69 Å². The number of nitrogens with one attached hydrogen (secondary N) is 1. The number of nitro benzene ring substituents is 1. The van der Waals surface area contributed by atoms with Crippen LogP contribution in [0.3, 0.4) is 0 Å². The molecule has 0 fully saturated rings. The number of nitro groups is 1. The van der Waals surface area contributed by atoms with Crippen molar-refractivity contribution in [1.29, 1.82) is 0 Å². The van der Waals surface area contributed by atoms with Crippen LogP contribution in [0.2, 0.25) is 5.02 Å². The number of benzene rings is 2. The molecule has 0 unspecified atom stereocenters. The highest BCUT2D eigenvalue weighted by Gasteiger charge is 2.20. The molecule has 27 heavy (non-hydrogen) atoms. The van der Waals surface area contributed by atoms with Crippen LogP contribution in [0, 0.1) is 10.1 Å². The fourth-order valence-electron chi connectivity index (χ4n) is 2.75. The van der Waals surface area contributed by atoms with Crippen LogP contribution in [-0.2, 0) is 16.1 Å². The molecule has 1 N–H and O–H groups in total. The van der Waals surface area contributed by atoms with Crippen molar-refractivity contribution in [1.82, 2.24) is 5.32 Å². The number of fused-ring (bicyclic) bond motifs is 1. The van der Waals surface area contributed by atoms with Gasteiger partial charge in [-0.15, -0.1) is 0 Å². The fourth-order valence-corrected chi connectivity index (χ4v) is 2.95. The Balaban J connectivity index is 1.77. The zero-order valence-corrected chi connectivity index (χ0v) is 15.2. The minimum Gasteiger partial charge on any atom is -0.467 e. The minimum atomic E-state index is -0.493. The van der Waals surface area contributed by atoms with E-state index in [2.05, 4.69) is 5.32 Å². The average molecular weight is 389 g/mol. The maximum absolute atomic E-state index is 12.2.